The standard InChI is InChI=1S/C12H15IO3/c1-3-8(2)7-16-11-6-9(12(14)15)4-5-10(11)13/h4-6,8H,3,7H2,1-2H3,(H,14,15). The first-order chi connectivity index (χ1) is 7.54. The van der Waals surface area contributed by atoms with Gasteiger partial charge in [0.25, 0.3) is 0 Å². The molecule has 0 aliphatic heterocycles. The maximum atomic E-state index is 10.8. The summed E-state index contributed by atoms with van der Waals surface area (Å²) in [5, 5.41) is 8.87. The van der Waals surface area contributed by atoms with Crippen LogP contribution in [0.15, 0.2) is 18.2 Å². The summed E-state index contributed by atoms with van der Waals surface area (Å²) in [5.74, 6) is 0.204. The number of carboxylic acid groups (broad SMARTS) is 1. The molecule has 0 amide bonds. The van der Waals surface area contributed by atoms with Crippen LogP contribution < -0.4 is 4.74 Å². The van der Waals surface area contributed by atoms with Gasteiger partial charge in [0.1, 0.15) is 5.75 Å². The molecule has 0 bridgehead atoms. The molecular weight excluding hydrogens is 319 g/mol. The molecule has 1 atom stereocenters. The van der Waals surface area contributed by atoms with E-state index in [1.807, 2.05) is 0 Å². The molecule has 16 heavy (non-hydrogen) atoms. The lowest BCUT2D eigenvalue weighted by Crippen LogP contribution is -2.08. The van der Waals surface area contributed by atoms with E-state index in [-0.39, 0.29) is 5.56 Å². The number of hydrogen-bond acceptors (Lipinski definition) is 2. The number of aromatic carboxylic acids is 1. The van der Waals surface area contributed by atoms with Crippen LogP contribution in [-0.2, 0) is 0 Å². The summed E-state index contributed by atoms with van der Waals surface area (Å²) in [6.45, 7) is 4.83. The summed E-state index contributed by atoms with van der Waals surface area (Å²) >= 11 is 2.14. The van der Waals surface area contributed by atoms with Crippen molar-refractivity contribution in [3.05, 3.63) is 27.3 Å². The fourth-order valence-corrected chi connectivity index (χ4v) is 1.59. The fourth-order valence-electron chi connectivity index (χ4n) is 1.10. The lowest BCUT2D eigenvalue weighted by Gasteiger charge is -2.12. The maximum Gasteiger partial charge on any atom is 0.335 e. The normalized spacial score (nSPS) is 12.2. The van der Waals surface area contributed by atoms with E-state index in [0.29, 0.717) is 18.3 Å². The third kappa shape index (κ3) is 3.66. The van der Waals surface area contributed by atoms with Gasteiger partial charge in [0.05, 0.1) is 15.7 Å². The highest BCUT2D eigenvalue weighted by atomic mass is 127. The highest BCUT2D eigenvalue weighted by molar-refractivity contribution is 14.1. The summed E-state index contributed by atoms with van der Waals surface area (Å²) in [5.41, 5.74) is 0.263. The quantitative estimate of drug-likeness (QED) is 0.840. The van der Waals surface area contributed by atoms with E-state index in [9.17, 15) is 4.79 Å². The number of halogens is 1. The molecule has 1 unspecified atom stereocenters. The minimum atomic E-state index is -0.926. The van der Waals surface area contributed by atoms with Crippen LogP contribution in [0, 0.1) is 9.49 Å². The van der Waals surface area contributed by atoms with Gasteiger partial charge in [-0.2, -0.15) is 0 Å². The zero-order valence-electron chi connectivity index (χ0n) is 9.37. The molecule has 4 heteroatoms. The van der Waals surface area contributed by atoms with Gasteiger partial charge in [0.15, 0.2) is 0 Å². The van der Waals surface area contributed by atoms with Crippen molar-refractivity contribution in [3.63, 3.8) is 0 Å². The second-order valence-electron chi connectivity index (χ2n) is 3.77. The van der Waals surface area contributed by atoms with Crippen LogP contribution >= 0.6 is 22.6 Å². The van der Waals surface area contributed by atoms with E-state index in [4.69, 9.17) is 9.84 Å². The Hall–Kier alpha value is -0.780. The van der Waals surface area contributed by atoms with Crippen LogP contribution in [0.1, 0.15) is 30.6 Å². The number of ether oxygens (including phenoxy) is 1. The Bertz CT molecular complexity index is 377. The average Bonchev–Trinajstić information content (AvgIpc) is 2.27. The predicted molar refractivity (Wildman–Crippen MR) is 71.1 cm³/mol. The third-order valence-corrected chi connectivity index (χ3v) is 3.29. The second kappa shape index (κ2) is 6.08. The zero-order chi connectivity index (χ0) is 12.1. The van der Waals surface area contributed by atoms with Crippen molar-refractivity contribution in [2.24, 2.45) is 5.92 Å². The largest absolute Gasteiger partial charge is 0.492 e. The minimum absolute atomic E-state index is 0.263. The molecule has 1 N–H and O–H groups in total. The summed E-state index contributed by atoms with van der Waals surface area (Å²) in [6, 6.07) is 4.92. The van der Waals surface area contributed by atoms with Gasteiger partial charge in [-0.1, -0.05) is 20.3 Å². The van der Waals surface area contributed by atoms with Gasteiger partial charge in [0.2, 0.25) is 0 Å². The van der Waals surface area contributed by atoms with Crippen LogP contribution in [0.3, 0.4) is 0 Å². The number of benzene rings is 1. The molecular formula is C12H15IO3. The highest BCUT2D eigenvalue weighted by Gasteiger charge is 2.09. The van der Waals surface area contributed by atoms with E-state index in [2.05, 4.69) is 36.4 Å². The molecule has 0 heterocycles. The Morgan fingerprint density at radius 3 is 2.81 bits per heavy atom. The van der Waals surface area contributed by atoms with Crippen LogP contribution in [0.25, 0.3) is 0 Å². The molecule has 1 aromatic carbocycles. The fraction of sp³-hybridized carbons (Fsp3) is 0.417. The van der Waals surface area contributed by atoms with Crippen molar-refractivity contribution in [2.45, 2.75) is 20.3 Å². The Balaban J connectivity index is 2.78. The minimum Gasteiger partial charge on any atom is -0.492 e. The lowest BCUT2D eigenvalue weighted by atomic mass is 10.1. The van der Waals surface area contributed by atoms with E-state index >= 15 is 0 Å². The van der Waals surface area contributed by atoms with Crippen molar-refractivity contribution in [1.82, 2.24) is 0 Å². The van der Waals surface area contributed by atoms with Gasteiger partial charge < -0.3 is 9.84 Å². The monoisotopic (exact) mass is 334 g/mol. The van der Waals surface area contributed by atoms with Crippen molar-refractivity contribution >= 4 is 28.6 Å². The second-order valence-corrected chi connectivity index (χ2v) is 4.94. The first-order valence-electron chi connectivity index (χ1n) is 5.20. The lowest BCUT2D eigenvalue weighted by molar-refractivity contribution is 0.0696. The predicted octanol–water partition coefficient (Wildman–Crippen LogP) is 3.41. The van der Waals surface area contributed by atoms with E-state index in [1.54, 1.807) is 18.2 Å². The van der Waals surface area contributed by atoms with Gasteiger partial charge in [-0.05, 0) is 46.7 Å². The molecule has 1 rings (SSSR count). The highest BCUT2D eigenvalue weighted by Crippen LogP contribution is 2.23. The molecule has 0 spiro atoms. The molecule has 1 aromatic rings. The molecule has 0 saturated carbocycles. The van der Waals surface area contributed by atoms with E-state index in [0.717, 1.165) is 9.99 Å². The maximum absolute atomic E-state index is 10.8. The number of hydrogen-bond donors (Lipinski definition) is 1. The van der Waals surface area contributed by atoms with Crippen molar-refractivity contribution in [2.75, 3.05) is 6.61 Å². The van der Waals surface area contributed by atoms with Gasteiger partial charge in [-0.3, -0.25) is 0 Å². The van der Waals surface area contributed by atoms with Crippen LogP contribution in [-0.4, -0.2) is 17.7 Å². The summed E-state index contributed by atoms with van der Waals surface area (Å²) in [7, 11) is 0. The number of carbonyl (C=O) groups is 1. The van der Waals surface area contributed by atoms with Gasteiger partial charge in [0, 0.05) is 0 Å². The first-order valence-corrected chi connectivity index (χ1v) is 6.28. The van der Waals surface area contributed by atoms with Crippen molar-refractivity contribution < 1.29 is 14.6 Å². The molecule has 0 saturated heterocycles. The Labute approximate surface area is 109 Å². The Morgan fingerprint density at radius 2 is 2.25 bits per heavy atom. The van der Waals surface area contributed by atoms with Gasteiger partial charge in [-0.15, -0.1) is 0 Å². The Morgan fingerprint density at radius 1 is 1.56 bits per heavy atom. The molecule has 0 fully saturated rings. The van der Waals surface area contributed by atoms with Crippen LogP contribution in [0.2, 0.25) is 0 Å². The third-order valence-electron chi connectivity index (χ3n) is 2.40. The molecule has 88 valence electrons. The summed E-state index contributed by atoms with van der Waals surface area (Å²) < 4.78 is 6.55. The Kier molecular flexibility index (Phi) is 5.05. The number of carboxylic acids is 1. The molecule has 3 nitrogen and oxygen atoms in total. The molecule has 0 aromatic heterocycles. The molecule has 0 aliphatic rings. The summed E-state index contributed by atoms with van der Waals surface area (Å²) in [6.07, 6.45) is 1.05. The van der Waals surface area contributed by atoms with Crippen molar-refractivity contribution in [3.8, 4) is 5.75 Å². The zero-order valence-corrected chi connectivity index (χ0v) is 11.5. The van der Waals surface area contributed by atoms with E-state index < -0.39 is 5.97 Å². The molecule has 0 aliphatic carbocycles. The molecule has 0 radical (unpaired) electrons. The van der Waals surface area contributed by atoms with Gasteiger partial charge in [-0.25, -0.2) is 4.79 Å². The van der Waals surface area contributed by atoms with Crippen LogP contribution in [0.4, 0.5) is 0 Å². The van der Waals surface area contributed by atoms with Crippen molar-refractivity contribution in [1.29, 1.82) is 0 Å². The first kappa shape index (κ1) is 13.3. The average molecular weight is 334 g/mol. The van der Waals surface area contributed by atoms with Crippen LogP contribution in [0.5, 0.6) is 5.75 Å². The number of rotatable bonds is 5. The SMILES string of the molecule is CCC(C)COc1cc(C(=O)O)ccc1I. The smallest absolute Gasteiger partial charge is 0.335 e. The van der Waals surface area contributed by atoms with E-state index in [1.165, 1.54) is 0 Å². The summed E-state index contributed by atoms with van der Waals surface area (Å²) in [4.78, 5) is 10.8. The van der Waals surface area contributed by atoms with Gasteiger partial charge >= 0.3 is 5.97 Å². The topological polar surface area (TPSA) is 46.5 Å².